The van der Waals surface area contributed by atoms with Crippen LogP contribution in [0.1, 0.15) is 22.4 Å². The summed E-state index contributed by atoms with van der Waals surface area (Å²) >= 11 is 1.29. The summed E-state index contributed by atoms with van der Waals surface area (Å²) in [7, 11) is 3.67. The fourth-order valence-corrected chi connectivity index (χ4v) is 2.04. The van der Waals surface area contributed by atoms with Crippen LogP contribution in [0.25, 0.3) is 0 Å². The highest BCUT2D eigenvalue weighted by molar-refractivity contribution is 7.11. The number of hydrogen-bond acceptors (Lipinski definition) is 6. The van der Waals surface area contributed by atoms with Crippen LogP contribution in [0.15, 0.2) is 5.38 Å². The number of nitrogen functional groups attached to an aromatic ring is 1. The predicted octanol–water partition coefficient (Wildman–Crippen LogP) is 0.213. The molecule has 1 aromatic rings. The number of hydrazine groups is 1. The standard InChI is InChI=1S/C10H18N4O2S/c1-7(5-16-3)14(2)4-8-6-17-10(12-8)9(15)13-11/h6-7H,4-5,11H2,1-3H3,(H,13,15). The highest BCUT2D eigenvalue weighted by Crippen LogP contribution is 2.12. The Balaban J connectivity index is 2.57. The number of likely N-dealkylation sites (N-methyl/N-ethyl adjacent to an activating group) is 1. The average molecular weight is 258 g/mol. The Bertz CT molecular complexity index is 369. The third-order valence-corrected chi connectivity index (χ3v) is 3.34. The first-order valence-electron chi connectivity index (χ1n) is 5.23. The Morgan fingerprint density at radius 1 is 1.76 bits per heavy atom. The van der Waals surface area contributed by atoms with E-state index in [4.69, 9.17) is 10.6 Å². The maximum Gasteiger partial charge on any atom is 0.294 e. The molecule has 1 amide bonds. The van der Waals surface area contributed by atoms with Gasteiger partial charge in [0, 0.05) is 25.1 Å². The topological polar surface area (TPSA) is 80.5 Å². The van der Waals surface area contributed by atoms with Crippen molar-refractivity contribution in [3.05, 3.63) is 16.1 Å². The zero-order chi connectivity index (χ0) is 12.8. The van der Waals surface area contributed by atoms with Crippen molar-refractivity contribution >= 4 is 17.2 Å². The molecule has 1 heterocycles. The fourth-order valence-electron chi connectivity index (χ4n) is 1.33. The van der Waals surface area contributed by atoms with E-state index in [0.29, 0.717) is 24.2 Å². The van der Waals surface area contributed by atoms with Gasteiger partial charge in [0.1, 0.15) is 0 Å². The lowest BCUT2D eigenvalue weighted by Crippen LogP contribution is -2.32. The van der Waals surface area contributed by atoms with Gasteiger partial charge in [0.25, 0.3) is 5.91 Å². The normalized spacial score (nSPS) is 12.8. The van der Waals surface area contributed by atoms with Crippen molar-refractivity contribution in [3.8, 4) is 0 Å². The molecule has 1 unspecified atom stereocenters. The molecule has 0 aromatic carbocycles. The number of carbonyl (C=O) groups is 1. The first kappa shape index (κ1) is 14.0. The van der Waals surface area contributed by atoms with Crippen molar-refractivity contribution in [3.63, 3.8) is 0 Å². The zero-order valence-corrected chi connectivity index (χ0v) is 11.1. The molecule has 6 nitrogen and oxygen atoms in total. The van der Waals surface area contributed by atoms with Gasteiger partial charge in [-0.05, 0) is 14.0 Å². The van der Waals surface area contributed by atoms with Gasteiger partial charge in [-0.2, -0.15) is 0 Å². The molecular formula is C10H18N4O2S. The van der Waals surface area contributed by atoms with Gasteiger partial charge < -0.3 is 4.74 Å². The van der Waals surface area contributed by atoms with Crippen LogP contribution in [0.4, 0.5) is 0 Å². The zero-order valence-electron chi connectivity index (χ0n) is 10.3. The van der Waals surface area contributed by atoms with E-state index in [1.807, 2.05) is 12.4 Å². The molecule has 0 aliphatic carbocycles. The lowest BCUT2D eigenvalue weighted by Gasteiger charge is -2.22. The van der Waals surface area contributed by atoms with E-state index in [2.05, 4.69) is 22.2 Å². The molecular weight excluding hydrogens is 240 g/mol. The lowest BCUT2D eigenvalue weighted by molar-refractivity contribution is 0.0952. The molecule has 1 atom stereocenters. The maximum atomic E-state index is 11.2. The molecule has 1 aromatic heterocycles. The van der Waals surface area contributed by atoms with Gasteiger partial charge in [-0.1, -0.05) is 0 Å². The predicted molar refractivity (Wildman–Crippen MR) is 66.6 cm³/mol. The van der Waals surface area contributed by atoms with Crippen LogP contribution < -0.4 is 11.3 Å². The quantitative estimate of drug-likeness (QED) is 0.433. The van der Waals surface area contributed by atoms with Crippen molar-refractivity contribution in [2.45, 2.75) is 19.5 Å². The lowest BCUT2D eigenvalue weighted by atomic mass is 10.3. The number of carbonyl (C=O) groups excluding carboxylic acids is 1. The molecule has 96 valence electrons. The number of nitrogens with zero attached hydrogens (tertiary/aromatic N) is 2. The largest absolute Gasteiger partial charge is 0.383 e. The number of ether oxygens (including phenoxy) is 1. The molecule has 17 heavy (non-hydrogen) atoms. The summed E-state index contributed by atoms with van der Waals surface area (Å²) in [6.45, 7) is 3.42. The number of methoxy groups -OCH3 is 1. The van der Waals surface area contributed by atoms with Crippen LogP contribution in [-0.2, 0) is 11.3 Å². The van der Waals surface area contributed by atoms with E-state index < -0.39 is 0 Å². The van der Waals surface area contributed by atoms with Gasteiger partial charge >= 0.3 is 0 Å². The van der Waals surface area contributed by atoms with Gasteiger partial charge in [-0.3, -0.25) is 15.1 Å². The number of aromatic nitrogens is 1. The Kier molecular flexibility index (Phi) is 5.49. The Morgan fingerprint density at radius 3 is 3.06 bits per heavy atom. The third kappa shape index (κ3) is 4.04. The summed E-state index contributed by atoms with van der Waals surface area (Å²) in [5.41, 5.74) is 2.93. The van der Waals surface area contributed by atoms with Crippen LogP contribution in [-0.4, -0.2) is 42.6 Å². The number of hydrogen-bond donors (Lipinski definition) is 2. The van der Waals surface area contributed by atoms with Crippen molar-refractivity contribution in [1.29, 1.82) is 0 Å². The third-order valence-electron chi connectivity index (χ3n) is 2.45. The Morgan fingerprint density at radius 2 is 2.47 bits per heavy atom. The number of rotatable bonds is 6. The highest BCUT2D eigenvalue weighted by atomic mass is 32.1. The maximum absolute atomic E-state index is 11.2. The molecule has 3 N–H and O–H groups in total. The van der Waals surface area contributed by atoms with E-state index in [0.717, 1.165) is 5.69 Å². The average Bonchev–Trinajstić information content (AvgIpc) is 2.76. The summed E-state index contributed by atoms with van der Waals surface area (Å²) in [6, 6.07) is 0.300. The Hall–Kier alpha value is -1.02. The Labute approximate surface area is 105 Å². The second-order valence-corrected chi connectivity index (χ2v) is 4.70. The summed E-state index contributed by atoms with van der Waals surface area (Å²) in [5, 5.41) is 2.25. The molecule has 7 heteroatoms. The second kappa shape index (κ2) is 6.65. The van der Waals surface area contributed by atoms with Gasteiger partial charge in [0.15, 0.2) is 5.01 Å². The summed E-state index contributed by atoms with van der Waals surface area (Å²) < 4.78 is 5.08. The van der Waals surface area contributed by atoms with Crippen molar-refractivity contribution in [2.24, 2.45) is 5.84 Å². The van der Waals surface area contributed by atoms with E-state index in [9.17, 15) is 4.79 Å². The van der Waals surface area contributed by atoms with Gasteiger partial charge in [0.2, 0.25) is 0 Å². The molecule has 0 spiro atoms. The van der Waals surface area contributed by atoms with Crippen LogP contribution >= 0.6 is 11.3 Å². The van der Waals surface area contributed by atoms with Gasteiger partial charge in [-0.15, -0.1) is 11.3 Å². The van der Waals surface area contributed by atoms with Crippen molar-refractivity contribution < 1.29 is 9.53 Å². The molecule has 0 bridgehead atoms. The summed E-state index contributed by atoms with van der Waals surface area (Å²) in [6.07, 6.45) is 0. The first-order chi connectivity index (χ1) is 8.08. The van der Waals surface area contributed by atoms with Crippen LogP contribution in [0.3, 0.4) is 0 Å². The SMILES string of the molecule is COCC(C)N(C)Cc1csc(C(=O)NN)n1. The van der Waals surface area contributed by atoms with E-state index >= 15 is 0 Å². The van der Waals surface area contributed by atoms with Crippen LogP contribution in [0.5, 0.6) is 0 Å². The van der Waals surface area contributed by atoms with Crippen LogP contribution in [0.2, 0.25) is 0 Å². The van der Waals surface area contributed by atoms with E-state index in [1.165, 1.54) is 11.3 Å². The molecule has 0 fully saturated rings. The van der Waals surface area contributed by atoms with Crippen molar-refractivity contribution in [2.75, 3.05) is 20.8 Å². The van der Waals surface area contributed by atoms with Crippen LogP contribution in [0, 0.1) is 0 Å². The second-order valence-electron chi connectivity index (χ2n) is 3.84. The molecule has 1 rings (SSSR count). The van der Waals surface area contributed by atoms with Crippen molar-refractivity contribution in [1.82, 2.24) is 15.3 Å². The number of nitrogens with one attached hydrogen (secondary N) is 1. The number of thiazole rings is 1. The van der Waals surface area contributed by atoms with Gasteiger partial charge in [0.05, 0.1) is 12.3 Å². The fraction of sp³-hybridized carbons (Fsp3) is 0.600. The van der Waals surface area contributed by atoms with E-state index in [1.54, 1.807) is 7.11 Å². The molecule has 0 saturated carbocycles. The minimum Gasteiger partial charge on any atom is -0.383 e. The molecule has 0 aliphatic rings. The molecule has 0 saturated heterocycles. The summed E-state index contributed by atoms with van der Waals surface area (Å²) in [5.74, 6) is 4.69. The minimum absolute atomic E-state index is 0.300. The van der Waals surface area contributed by atoms with E-state index in [-0.39, 0.29) is 5.91 Å². The smallest absolute Gasteiger partial charge is 0.294 e. The summed E-state index contributed by atoms with van der Waals surface area (Å²) in [4.78, 5) is 17.5. The van der Waals surface area contributed by atoms with Gasteiger partial charge in [-0.25, -0.2) is 10.8 Å². The first-order valence-corrected chi connectivity index (χ1v) is 6.11. The molecule has 0 aliphatic heterocycles. The molecule has 0 radical (unpaired) electrons. The number of amides is 1. The minimum atomic E-state index is -0.353. The monoisotopic (exact) mass is 258 g/mol. The number of nitrogens with two attached hydrogens (primary N) is 1. The highest BCUT2D eigenvalue weighted by Gasteiger charge is 2.13.